The zero-order chi connectivity index (χ0) is 27.0. The second-order valence-corrected chi connectivity index (χ2v) is 8.77. The van der Waals surface area contributed by atoms with Crippen molar-refractivity contribution in [2.24, 2.45) is 0 Å². The number of carbonyl (C=O) groups is 4. The molecule has 0 aliphatic rings. The number of halogens is 1. The number of carboxylic acid groups (broad SMARTS) is 2. The monoisotopic (exact) mass is 489 g/mol. The Morgan fingerprint density at radius 2 is 1.38 bits per heavy atom. The number of esters is 2. The lowest BCUT2D eigenvalue weighted by molar-refractivity contribution is -0.388. The molecular weight excluding hydrogens is 461 g/mol. The van der Waals surface area contributed by atoms with E-state index in [0.717, 1.165) is 13.2 Å². The van der Waals surface area contributed by atoms with Gasteiger partial charge in [-0.3, -0.25) is 29.3 Å². The van der Waals surface area contributed by atoms with Crippen LogP contribution in [-0.2, 0) is 28.7 Å². The minimum atomic E-state index is -2.04. The molecule has 0 unspecified atom stereocenters. The van der Waals surface area contributed by atoms with Crippen molar-refractivity contribution in [2.45, 2.75) is 65.1 Å². The molecule has 1 aromatic carbocycles. The fraction of sp³-hybridized carbons (Fsp3) is 0.524. The van der Waals surface area contributed by atoms with E-state index in [0.29, 0.717) is 6.07 Å². The van der Waals surface area contributed by atoms with Crippen molar-refractivity contribution in [3.8, 4) is 5.75 Å². The van der Waals surface area contributed by atoms with Crippen LogP contribution in [0, 0.1) is 15.9 Å². The van der Waals surface area contributed by atoms with Gasteiger partial charge in [-0.05, 0) is 59.2 Å². The standard InChI is InChI=1S/C11H20O4.C10H8FNO7/c1-10(2,3)14-8(12)7-9(13)15-11(4,5)6;1-19-6-3-4(7(9(13)14)10(15)16)2-5(11)8(6)12(17)18/h7H2,1-6H3;2-3,7H,1H3,(H,13,14)(H,15,16). The van der Waals surface area contributed by atoms with E-state index in [1.165, 1.54) is 0 Å². The van der Waals surface area contributed by atoms with E-state index in [1.807, 2.05) is 0 Å². The van der Waals surface area contributed by atoms with Gasteiger partial charge >= 0.3 is 29.6 Å². The Balaban J connectivity index is 0.000000661. The van der Waals surface area contributed by atoms with Crippen LogP contribution in [0.2, 0.25) is 0 Å². The molecule has 2 N–H and O–H groups in total. The third-order valence-corrected chi connectivity index (χ3v) is 3.41. The molecule has 0 saturated heterocycles. The minimum Gasteiger partial charge on any atom is -0.490 e. The molecule has 1 aromatic rings. The van der Waals surface area contributed by atoms with Crippen LogP contribution in [-0.4, -0.2) is 57.3 Å². The predicted molar refractivity (Wildman–Crippen MR) is 114 cm³/mol. The lowest BCUT2D eigenvalue weighted by Crippen LogP contribution is -2.29. The van der Waals surface area contributed by atoms with Crippen molar-refractivity contribution in [3.05, 3.63) is 33.6 Å². The van der Waals surface area contributed by atoms with Crippen LogP contribution in [0.3, 0.4) is 0 Å². The SMILES string of the molecule is CC(C)(C)OC(=O)CC(=O)OC(C)(C)C.COc1cc(C(C(=O)O)C(=O)O)cc(F)c1[N+](=O)[O-]. The molecule has 12 nitrogen and oxygen atoms in total. The maximum Gasteiger partial charge on any atom is 0.346 e. The van der Waals surface area contributed by atoms with E-state index in [-0.39, 0.29) is 6.42 Å². The van der Waals surface area contributed by atoms with Gasteiger partial charge in [-0.25, -0.2) is 0 Å². The number of carboxylic acids is 2. The number of methoxy groups -OCH3 is 1. The summed E-state index contributed by atoms with van der Waals surface area (Å²) in [4.78, 5) is 53.6. The summed E-state index contributed by atoms with van der Waals surface area (Å²) in [6.45, 7) is 10.5. The molecule has 0 heterocycles. The highest BCUT2D eigenvalue weighted by Crippen LogP contribution is 2.33. The Labute approximate surface area is 194 Å². The summed E-state index contributed by atoms with van der Waals surface area (Å²) >= 11 is 0. The molecule has 1 rings (SSSR count). The molecule has 0 amide bonds. The van der Waals surface area contributed by atoms with Gasteiger partial charge in [0, 0.05) is 0 Å². The Hall–Kier alpha value is -3.77. The zero-order valence-electron chi connectivity index (χ0n) is 19.8. The summed E-state index contributed by atoms with van der Waals surface area (Å²) in [5, 5.41) is 28.1. The lowest BCUT2D eigenvalue weighted by Gasteiger charge is -2.21. The van der Waals surface area contributed by atoms with Crippen LogP contribution < -0.4 is 4.74 Å². The molecule has 0 aromatic heterocycles. The molecule has 0 atom stereocenters. The number of nitrogens with zero attached hydrogens (tertiary/aromatic N) is 1. The summed E-state index contributed by atoms with van der Waals surface area (Å²) in [5.41, 5.74) is -2.58. The molecule has 0 spiro atoms. The van der Waals surface area contributed by atoms with Crippen LogP contribution in [0.25, 0.3) is 0 Å². The number of nitro benzene ring substituents is 1. The van der Waals surface area contributed by atoms with E-state index >= 15 is 0 Å². The molecule has 0 radical (unpaired) electrons. The number of rotatable bonds is 7. The molecule has 0 aliphatic heterocycles. The van der Waals surface area contributed by atoms with Crippen LogP contribution in [0.15, 0.2) is 12.1 Å². The summed E-state index contributed by atoms with van der Waals surface area (Å²) in [7, 11) is 1.02. The number of hydrogen-bond acceptors (Lipinski definition) is 9. The van der Waals surface area contributed by atoms with Crippen molar-refractivity contribution in [1.29, 1.82) is 0 Å². The quantitative estimate of drug-likeness (QED) is 0.249. The van der Waals surface area contributed by atoms with E-state index < -0.39 is 68.7 Å². The molecule has 190 valence electrons. The van der Waals surface area contributed by atoms with E-state index in [9.17, 15) is 33.7 Å². The predicted octanol–water partition coefficient (Wildman–Crippen LogP) is 3.06. The second-order valence-electron chi connectivity index (χ2n) is 8.77. The zero-order valence-corrected chi connectivity index (χ0v) is 19.8. The molecule has 13 heteroatoms. The highest BCUT2D eigenvalue weighted by molar-refractivity contribution is 5.99. The van der Waals surface area contributed by atoms with Gasteiger partial charge in [-0.15, -0.1) is 0 Å². The van der Waals surface area contributed by atoms with Gasteiger partial charge in [0.2, 0.25) is 5.82 Å². The van der Waals surface area contributed by atoms with Gasteiger partial charge < -0.3 is 24.4 Å². The first kappa shape index (κ1) is 30.2. The first-order chi connectivity index (χ1) is 15.3. The Morgan fingerprint density at radius 1 is 0.971 bits per heavy atom. The largest absolute Gasteiger partial charge is 0.490 e. The molecule has 0 aliphatic carbocycles. The topological polar surface area (TPSA) is 180 Å². The van der Waals surface area contributed by atoms with Crippen molar-refractivity contribution < 1.29 is 52.9 Å². The third-order valence-electron chi connectivity index (χ3n) is 3.41. The molecule has 0 fully saturated rings. The fourth-order valence-corrected chi connectivity index (χ4v) is 2.36. The number of aliphatic carboxylic acids is 2. The lowest BCUT2D eigenvalue weighted by atomic mass is 9.98. The highest BCUT2D eigenvalue weighted by Gasteiger charge is 2.32. The third kappa shape index (κ3) is 10.7. The minimum absolute atomic E-state index is 0.339. The number of benzene rings is 1. The summed E-state index contributed by atoms with van der Waals surface area (Å²) in [6, 6.07) is 1.31. The first-order valence-corrected chi connectivity index (χ1v) is 9.70. The first-order valence-electron chi connectivity index (χ1n) is 9.70. The van der Waals surface area contributed by atoms with Gasteiger partial charge in [-0.2, -0.15) is 4.39 Å². The van der Waals surface area contributed by atoms with Crippen molar-refractivity contribution in [3.63, 3.8) is 0 Å². The second kappa shape index (κ2) is 11.9. The van der Waals surface area contributed by atoms with Crippen LogP contribution in [0.1, 0.15) is 59.4 Å². The molecule has 0 bridgehead atoms. The molecule has 0 saturated carbocycles. The van der Waals surface area contributed by atoms with Gasteiger partial charge in [0.1, 0.15) is 17.6 Å². The van der Waals surface area contributed by atoms with Crippen molar-refractivity contribution in [1.82, 2.24) is 0 Å². The van der Waals surface area contributed by atoms with Gasteiger partial charge in [-0.1, -0.05) is 0 Å². The van der Waals surface area contributed by atoms with E-state index in [1.54, 1.807) is 41.5 Å². The normalized spacial score (nSPS) is 11.1. The van der Waals surface area contributed by atoms with Gasteiger partial charge in [0.05, 0.1) is 12.0 Å². The van der Waals surface area contributed by atoms with Crippen LogP contribution in [0.5, 0.6) is 5.75 Å². The molecule has 34 heavy (non-hydrogen) atoms. The van der Waals surface area contributed by atoms with Gasteiger partial charge in [0.25, 0.3) is 0 Å². The Bertz CT molecular complexity index is 905. The van der Waals surface area contributed by atoms with Crippen molar-refractivity contribution >= 4 is 29.6 Å². The van der Waals surface area contributed by atoms with Crippen molar-refractivity contribution in [2.75, 3.05) is 7.11 Å². The van der Waals surface area contributed by atoms with Crippen LogP contribution >= 0.6 is 0 Å². The summed E-state index contributed by atoms with van der Waals surface area (Å²) < 4.78 is 28.1. The van der Waals surface area contributed by atoms with E-state index in [2.05, 4.69) is 4.74 Å². The maximum absolute atomic E-state index is 13.5. The summed E-state index contributed by atoms with van der Waals surface area (Å²) in [5.74, 6) is -8.51. The van der Waals surface area contributed by atoms with E-state index in [4.69, 9.17) is 19.7 Å². The number of nitro groups is 1. The Morgan fingerprint density at radius 3 is 1.68 bits per heavy atom. The maximum atomic E-state index is 13.5. The Kier molecular flexibility index (Phi) is 10.6. The summed E-state index contributed by atoms with van der Waals surface area (Å²) in [6.07, 6.45) is -0.339. The highest BCUT2D eigenvalue weighted by atomic mass is 19.1. The smallest absolute Gasteiger partial charge is 0.346 e. The molecular formula is C21H28FNO11. The van der Waals surface area contributed by atoms with Gasteiger partial charge in [0.15, 0.2) is 11.7 Å². The number of hydrogen-bond donors (Lipinski definition) is 2. The van der Waals surface area contributed by atoms with Crippen LogP contribution in [0.4, 0.5) is 10.1 Å². The average Bonchev–Trinajstić information content (AvgIpc) is 2.56. The number of ether oxygens (including phenoxy) is 3. The fourth-order valence-electron chi connectivity index (χ4n) is 2.36. The number of carbonyl (C=O) groups excluding carboxylic acids is 2. The average molecular weight is 489 g/mol.